The van der Waals surface area contributed by atoms with E-state index in [-0.39, 0.29) is 24.2 Å². The van der Waals surface area contributed by atoms with Crippen molar-refractivity contribution in [2.24, 2.45) is 5.92 Å². The van der Waals surface area contributed by atoms with E-state index in [0.717, 1.165) is 23.2 Å². The smallest absolute Gasteiger partial charge is 0.227 e. The maximum absolute atomic E-state index is 12.6. The summed E-state index contributed by atoms with van der Waals surface area (Å²) in [5.74, 6) is 0.857. The van der Waals surface area contributed by atoms with Crippen LogP contribution in [0.2, 0.25) is 0 Å². The van der Waals surface area contributed by atoms with Crippen LogP contribution in [0.25, 0.3) is 0 Å². The molecule has 154 valence electrons. The molecule has 2 amide bonds. The molecule has 0 radical (unpaired) electrons. The maximum Gasteiger partial charge on any atom is 0.227 e. The molecule has 1 atom stereocenters. The Balaban J connectivity index is 1.58. The Morgan fingerprint density at radius 3 is 2.62 bits per heavy atom. The number of ether oxygens (including phenoxy) is 2. The summed E-state index contributed by atoms with van der Waals surface area (Å²) >= 11 is 0. The highest BCUT2D eigenvalue weighted by Gasteiger charge is 2.34. The lowest BCUT2D eigenvalue weighted by Gasteiger charge is -2.17. The van der Waals surface area contributed by atoms with Crippen molar-refractivity contribution < 1.29 is 19.1 Å². The number of anilines is 1. The van der Waals surface area contributed by atoms with Gasteiger partial charge in [-0.05, 0) is 43.2 Å². The van der Waals surface area contributed by atoms with Crippen LogP contribution in [0.15, 0.2) is 42.5 Å². The highest BCUT2D eigenvalue weighted by Crippen LogP contribution is 2.29. The van der Waals surface area contributed by atoms with Gasteiger partial charge in [-0.1, -0.05) is 30.7 Å². The predicted molar refractivity (Wildman–Crippen MR) is 112 cm³/mol. The summed E-state index contributed by atoms with van der Waals surface area (Å²) in [6.45, 7) is 5.45. The minimum Gasteiger partial charge on any atom is -0.493 e. The zero-order valence-electron chi connectivity index (χ0n) is 17.2. The van der Waals surface area contributed by atoms with E-state index in [2.05, 4.69) is 5.32 Å². The van der Waals surface area contributed by atoms with E-state index >= 15 is 0 Å². The van der Waals surface area contributed by atoms with Crippen LogP contribution in [0.1, 0.15) is 30.9 Å². The molecule has 0 spiro atoms. The first-order valence-electron chi connectivity index (χ1n) is 9.96. The molecule has 2 aromatic carbocycles. The third kappa shape index (κ3) is 5.08. The molecule has 1 heterocycles. The van der Waals surface area contributed by atoms with Gasteiger partial charge in [0, 0.05) is 25.2 Å². The van der Waals surface area contributed by atoms with Gasteiger partial charge in [-0.15, -0.1) is 0 Å². The van der Waals surface area contributed by atoms with Crippen LogP contribution in [0.4, 0.5) is 5.69 Å². The van der Waals surface area contributed by atoms with Crippen molar-refractivity contribution >= 4 is 17.5 Å². The molecule has 0 aromatic heterocycles. The van der Waals surface area contributed by atoms with Crippen molar-refractivity contribution in [3.05, 3.63) is 53.6 Å². The van der Waals surface area contributed by atoms with Gasteiger partial charge in [-0.25, -0.2) is 0 Å². The second-order valence-electron chi connectivity index (χ2n) is 7.29. The first-order valence-corrected chi connectivity index (χ1v) is 9.96. The lowest BCUT2D eigenvalue weighted by molar-refractivity contribution is -0.126. The fourth-order valence-electron chi connectivity index (χ4n) is 3.34. The highest BCUT2D eigenvalue weighted by atomic mass is 16.5. The molecule has 29 heavy (non-hydrogen) atoms. The van der Waals surface area contributed by atoms with Crippen molar-refractivity contribution in [2.45, 2.75) is 33.2 Å². The van der Waals surface area contributed by atoms with Crippen LogP contribution in [-0.2, 0) is 16.1 Å². The van der Waals surface area contributed by atoms with Gasteiger partial charge < -0.3 is 19.7 Å². The van der Waals surface area contributed by atoms with E-state index in [0.29, 0.717) is 31.2 Å². The number of aryl methyl sites for hydroxylation is 1. The van der Waals surface area contributed by atoms with E-state index in [1.165, 1.54) is 0 Å². The molecular weight excluding hydrogens is 368 g/mol. The lowest BCUT2D eigenvalue weighted by atomic mass is 10.1. The van der Waals surface area contributed by atoms with Gasteiger partial charge in [0.1, 0.15) is 0 Å². The standard InChI is InChI=1S/C23H28N2O4/c1-4-11-29-20-10-7-17(12-21(20)28-3)14-24-23(27)18-13-22(26)25(15-18)19-8-5-16(2)6-9-19/h5-10,12,18H,4,11,13-15H2,1-3H3,(H,24,27). The minimum atomic E-state index is -0.349. The normalized spacial score (nSPS) is 16.0. The van der Waals surface area contributed by atoms with Gasteiger partial charge in [0.2, 0.25) is 11.8 Å². The topological polar surface area (TPSA) is 67.9 Å². The second-order valence-corrected chi connectivity index (χ2v) is 7.29. The van der Waals surface area contributed by atoms with Crippen LogP contribution < -0.4 is 19.7 Å². The number of amides is 2. The molecule has 6 heteroatoms. The molecule has 0 aliphatic carbocycles. The Kier molecular flexibility index (Phi) is 6.75. The average molecular weight is 396 g/mol. The number of methoxy groups -OCH3 is 1. The third-order valence-electron chi connectivity index (χ3n) is 5.00. The van der Waals surface area contributed by atoms with Crippen LogP contribution in [-0.4, -0.2) is 32.1 Å². The van der Waals surface area contributed by atoms with Gasteiger partial charge >= 0.3 is 0 Å². The maximum atomic E-state index is 12.6. The van der Waals surface area contributed by atoms with E-state index in [4.69, 9.17) is 9.47 Å². The molecule has 3 rings (SSSR count). The predicted octanol–water partition coefficient (Wildman–Crippen LogP) is 3.46. The summed E-state index contributed by atoms with van der Waals surface area (Å²) in [6.07, 6.45) is 1.15. The Morgan fingerprint density at radius 1 is 1.17 bits per heavy atom. The number of rotatable bonds is 8. The van der Waals surface area contributed by atoms with Gasteiger partial charge in [-0.3, -0.25) is 9.59 Å². The molecule has 1 saturated heterocycles. The quantitative estimate of drug-likeness (QED) is 0.742. The van der Waals surface area contributed by atoms with Gasteiger partial charge in [0.25, 0.3) is 0 Å². The van der Waals surface area contributed by atoms with E-state index in [1.807, 2.05) is 56.3 Å². The number of nitrogens with one attached hydrogen (secondary N) is 1. The zero-order chi connectivity index (χ0) is 20.8. The number of hydrogen-bond donors (Lipinski definition) is 1. The first-order chi connectivity index (χ1) is 14.0. The van der Waals surface area contributed by atoms with Gasteiger partial charge in [0.15, 0.2) is 11.5 Å². The van der Waals surface area contributed by atoms with Crippen LogP contribution in [0.3, 0.4) is 0 Å². The third-order valence-corrected chi connectivity index (χ3v) is 5.00. The van der Waals surface area contributed by atoms with Crippen LogP contribution >= 0.6 is 0 Å². The molecule has 0 bridgehead atoms. The summed E-state index contributed by atoms with van der Waals surface area (Å²) in [7, 11) is 1.60. The Labute approximate surface area is 171 Å². The molecule has 0 saturated carbocycles. The molecule has 1 aliphatic heterocycles. The van der Waals surface area contributed by atoms with Crippen LogP contribution in [0.5, 0.6) is 11.5 Å². The Hall–Kier alpha value is -3.02. The van der Waals surface area contributed by atoms with E-state index < -0.39 is 0 Å². The van der Waals surface area contributed by atoms with Crippen LogP contribution in [0, 0.1) is 12.8 Å². The summed E-state index contributed by atoms with van der Waals surface area (Å²) in [5, 5.41) is 2.94. The lowest BCUT2D eigenvalue weighted by Crippen LogP contribution is -2.32. The fourth-order valence-corrected chi connectivity index (χ4v) is 3.34. The SMILES string of the molecule is CCCOc1ccc(CNC(=O)C2CC(=O)N(c3ccc(C)cc3)C2)cc1OC. The van der Waals surface area contributed by atoms with Crippen molar-refractivity contribution in [1.82, 2.24) is 5.32 Å². The summed E-state index contributed by atoms with van der Waals surface area (Å²) in [5.41, 5.74) is 2.89. The fraction of sp³-hybridized carbons (Fsp3) is 0.391. The first kappa shape index (κ1) is 20.7. The van der Waals surface area contributed by atoms with Crippen molar-refractivity contribution in [3.63, 3.8) is 0 Å². The largest absolute Gasteiger partial charge is 0.493 e. The molecule has 1 unspecified atom stereocenters. The van der Waals surface area contributed by atoms with Gasteiger partial charge in [-0.2, -0.15) is 0 Å². The second kappa shape index (κ2) is 9.45. The molecular formula is C23H28N2O4. The van der Waals surface area contributed by atoms with E-state index in [9.17, 15) is 9.59 Å². The highest BCUT2D eigenvalue weighted by molar-refractivity contribution is 6.00. The number of carbonyl (C=O) groups is 2. The van der Waals surface area contributed by atoms with Gasteiger partial charge in [0.05, 0.1) is 19.6 Å². The number of nitrogens with zero attached hydrogens (tertiary/aromatic N) is 1. The monoisotopic (exact) mass is 396 g/mol. The van der Waals surface area contributed by atoms with Crippen molar-refractivity contribution in [1.29, 1.82) is 0 Å². The summed E-state index contributed by atoms with van der Waals surface area (Å²) < 4.78 is 11.0. The van der Waals surface area contributed by atoms with Crippen molar-refractivity contribution in [3.8, 4) is 11.5 Å². The molecule has 6 nitrogen and oxygen atoms in total. The minimum absolute atomic E-state index is 0.0203. The Morgan fingerprint density at radius 2 is 1.93 bits per heavy atom. The number of benzene rings is 2. The molecule has 2 aromatic rings. The number of carbonyl (C=O) groups excluding carboxylic acids is 2. The molecule has 1 fully saturated rings. The number of hydrogen-bond acceptors (Lipinski definition) is 4. The summed E-state index contributed by atoms with van der Waals surface area (Å²) in [6, 6.07) is 13.4. The molecule has 1 N–H and O–H groups in total. The molecule has 1 aliphatic rings. The zero-order valence-corrected chi connectivity index (χ0v) is 17.2. The average Bonchev–Trinajstić information content (AvgIpc) is 3.13. The van der Waals surface area contributed by atoms with E-state index in [1.54, 1.807) is 12.0 Å². The van der Waals surface area contributed by atoms with Crippen molar-refractivity contribution in [2.75, 3.05) is 25.2 Å². The Bertz CT molecular complexity index is 864. The summed E-state index contributed by atoms with van der Waals surface area (Å²) in [4.78, 5) is 26.7.